The molecule has 2 aromatic carbocycles. The number of nitrogens with zero attached hydrogens (tertiary/aromatic N) is 2. The van der Waals surface area contributed by atoms with Crippen LogP contribution in [0.4, 0.5) is 18.0 Å². The number of fused-ring (bicyclic) bond motifs is 2. The number of hydrogen-bond acceptors (Lipinski definition) is 3. The predicted octanol–water partition coefficient (Wildman–Crippen LogP) is 6.64. The minimum atomic E-state index is -4.78. The highest BCUT2D eigenvalue weighted by Crippen LogP contribution is 2.27. The summed E-state index contributed by atoms with van der Waals surface area (Å²) in [4.78, 5) is 25.7. The van der Waals surface area contributed by atoms with Crippen LogP contribution >= 0.6 is 31.9 Å². The quantitative estimate of drug-likeness (QED) is 0.332. The average molecular weight is 620 g/mol. The van der Waals surface area contributed by atoms with Gasteiger partial charge in [-0.05, 0) is 80.1 Å². The molecule has 5 nitrogen and oxygen atoms in total. The van der Waals surface area contributed by atoms with E-state index < -0.39 is 17.7 Å². The van der Waals surface area contributed by atoms with Gasteiger partial charge in [0, 0.05) is 35.1 Å². The first-order valence-corrected chi connectivity index (χ1v) is 12.7. The fourth-order valence-corrected chi connectivity index (χ4v) is 4.70. The van der Waals surface area contributed by atoms with E-state index in [1.165, 1.54) is 11.1 Å². The van der Waals surface area contributed by atoms with Crippen LogP contribution in [-0.4, -0.2) is 46.7 Å². The van der Waals surface area contributed by atoms with Crippen molar-refractivity contribution < 1.29 is 27.5 Å². The van der Waals surface area contributed by atoms with Crippen molar-refractivity contribution in [2.75, 3.05) is 13.1 Å². The average Bonchev–Trinajstić information content (AvgIpc) is 2.76. The molecule has 0 saturated heterocycles. The predicted molar refractivity (Wildman–Crippen MR) is 134 cm³/mol. The number of rotatable bonds is 0. The van der Waals surface area contributed by atoms with E-state index in [4.69, 9.17) is 4.74 Å². The molecule has 2 amide bonds. The number of carbonyl (C=O) groups excluding carboxylic acids is 2. The highest BCUT2D eigenvalue weighted by Gasteiger charge is 2.43. The van der Waals surface area contributed by atoms with Crippen molar-refractivity contribution >= 4 is 43.9 Å². The molecule has 0 unspecified atom stereocenters. The van der Waals surface area contributed by atoms with Crippen molar-refractivity contribution in [3.63, 3.8) is 0 Å². The number of carbonyl (C=O) groups is 2. The summed E-state index contributed by atoms with van der Waals surface area (Å²) in [6, 6.07) is 11.6. The van der Waals surface area contributed by atoms with Gasteiger partial charge in [0.15, 0.2) is 0 Å². The first-order valence-electron chi connectivity index (χ1n) is 11.1. The van der Waals surface area contributed by atoms with Gasteiger partial charge in [-0.15, -0.1) is 0 Å². The molecule has 0 aliphatic carbocycles. The van der Waals surface area contributed by atoms with E-state index >= 15 is 0 Å². The van der Waals surface area contributed by atoms with Crippen LogP contribution in [0.3, 0.4) is 0 Å². The number of benzene rings is 2. The van der Waals surface area contributed by atoms with Crippen LogP contribution in [0.1, 0.15) is 43.0 Å². The second kappa shape index (κ2) is 10.9. The van der Waals surface area contributed by atoms with Crippen LogP contribution in [0, 0.1) is 0 Å². The SMILES string of the molecule is CC(C)(C)OC(=O)N1CCc2cc(Br)ccc2C1.O=C(N1CCc2cc(Br)ccc2C1)C(F)(F)F. The lowest BCUT2D eigenvalue weighted by Crippen LogP contribution is -2.43. The summed E-state index contributed by atoms with van der Waals surface area (Å²) in [6.07, 6.45) is -3.67. The molecule has 10 heteroatoms. The van der Waals surface area contributed by atoms with Crippen LogP contribution in [0.2, 0.25) is 0 Å². The number of halogens is 5. The van der Waals surface area contributed by atoms with Gasteiger partial charge in [0.2, 0.25) is 0 Å². The first-order chi connectivity index (χ1) is 16.2. The molecule has 0 bridgehead atoms. The van der Waals surface area contributed by atoms with Gasteiger partial charge in [-0.1, -0.05) is 44.0 Å². The van der Waals surface area contributed by atoms with Crippen LogP contribution in [0.25, 0.3) is 0 Å². The van der Waals surface area contributed by atoms with Gasteiger partial charge in [0.25, 0.3) is 0 Å². The molecule has 0 N–H and O–H groups in total. The Morgan fingerprint density at radius 3 is 1.71 bits per heavy atom. The van der Waals surface area contributed by atoms with Gasteiger partial charge in [-0.25, -0.2) is 4.79 Å². The van der Waals surface area contributed by atoms with E-state index in [2.05, 4.69) is 44.0 Å². The van der Waals surface area contributed by atoms with E-state index in [1.54, 1.807) is 17.0 Å². The zero-order valence-electron chi connectivity index (χ0n) is 19.7. The molecule has 4 rings (SSSR count). The van der Waals surface area contributed by atoms with Gasteiger partial charge in [0.1, 0.15) is 5.60 Å². The summed E-state index contributed by atoms with van der Waals surface area (Å²) in [5.41, 5.74) is 3.85. The van der Waals surface area contributed by atoms with Crippen molar-refractivity contribution in [1.82, 2.24) is 9.80 Å². The smallest absolute Gasteiger partial charge is 0.444 e. The molecular formula is C25H27Br2F3N2O3. The van der Waals surface area contributed by atoms with Crippen molar-refractivity contribution in [1.29, 1.82) is 0 Å². The maximum absolute atomic E-state index is 12.3. The van der Waals surface area contributed by atoms with E-state index in [0.29, 0.717) is 13.0 Å². The van der Waals surface area contributed by atoms with Crippen molar-refractivity contribution in [3.8, 4) is 0 Å². The van der Waals surface area contributed by atoms with Gasteiger partial charge in [-0.3, -0.25) is 4.79 Å². The minimum absolute atomic E-state index is 0.0287. The Balaban J connectivity index is 0.000000196. The van der Waals surface area contributed by atoms with Crippen LogP contribution in [0.5, 0.6) is 0 Å². The molecule has 2 aliphatic heterocycles. The second-order valence-corrected chi connectivity index (χ2v) is 11.3. The van der Waals surface area contributed by atoms with Crippen molar-refractivity contribution in [2.24, 2.45) is 0 Å². The summed E-state index contributed by atoms with van der Waals surface area (Å²) in [6.45, 7) is 7.17. The van der Waals surface area contributed by atoms with Crippen LogP contribution in [0.15, 0.2) is 45.3 Å². The number of amides is 2. The Bertz CT molecular complexity index is 1100. The maximum Gasteiger partial charge on any atom is 0.471 e. The highest BCUT2D eigenvalue weighted by molar-refractivity contribution is 9.10. The van der Waals surface area contributed by atoms with Crippen molar-refractivity contribution in [2.45, 2.75) is 58.5 Å². The summed E-state index contributed by atoms with van der Waals surface area (Å²) >= 11 is 6.77. The minimum Gasteiger partial charge on any atom is -0.444 e. The maximum atomic E-state index is 12.3. The Labute approximate surface area is 219 Å². The lowest BCUT2D eigenvalue weighted by Gasteiger charge is -2.31. The van der Waals surface area contributed by atoms with Crippen LogP contribution < -0.4 is 0 Å². The summed E-state index contributed by atoms with van der Waals surface area (Å²) < 4.78 is 44.2. The van der Waals surface area contributed by atoms with E-state index in [9.17, 15) is 22.8 Å². The normalized spacial score (nSPS) is 15.4. The molecule has 0 aromatic heterocycles. The van der Waals surface area contributed by atoms with E-state index in [1.807, 2.05) is 32.9 Å². The zero-order valence-corrected chi connectivity index (χ0v) is 22.9. The monoisotopic (exact) mass is 618 g/mol. The Morgan fingerprint density at radius 1 is 0.800 bits per heavy atom. The second-order valence-electron chi connectivity index (χ2n) is 9.45. The van der Waals surface area contributed by atoms with Gasteiger partial charge in [-0.2, -0.15) is 13.2 Å². The number of ether oxygens (including phenoxy) is 1. The molecule has 2 heterocycles. The third kappa shape index (κ3) is 7.70. The third-order valence-electron chi connectivity index (χ3n) is 5.54. The molecular weight excluding hydrogens is 593 g/mol. The third-order valence-corrected chi connectivity index (χ3v) is 6.53. The largest absolute Gasteiger partial charge is 0.471 e. The summed E-state index contributed by atoms with van der Waals surface area (Å²) in [5.74, 6) is -1.76. The highest BCUT2D eigenvalue weighted by atomic mass is 79.9. The number of hydrogen-bond donors (Lipinski definition) is 0. The van der Waals surface area contributed by atoms with E-state index in [0.717, 1.165) is 37.9 Å². The summed E-state index contributed by atoms with van der Waals surface area (Å²) in [5, 5.41) is 0. The Kier molecular flexibility index (Phi) is 8.57. The topological polar surface area (TPSA) is 49.9 Å². The molecule has 0 atom stereocenters. The first kappa shape index (κ1) is 27.5. The molecule has 0 radical (unpaired) electrons. The molecule has 35 heavy (non-hydrogen) atoms. The standard InChI is InChI=1S/C14H18BrNO2.C11H9BrF3NO/c1-14(2,3)18-13(17)16-7-6-10-8-12(15)5-4-11(10)9-16;12-9-2-1-8-6-16(4-3-7(8)5-9)10(17)11(13,14)15/h4-5,8H,6-7,9H2,1-3H3;1-2,5H,3-4,6H2. The molecule has 0 saturated carbocycles. The fourth-order valence-electron chi connectivity index (χ4n) is 3.88. The Morgan fingerprint density at radius 2 is 1.26 bits per heavy atom. The lowest BCUT2D eigenvalue weighted by atomic mass is 10.00. The lowest BCUT2D eigenvalue weighted by molar-refractivity contribution is -0.186. The molecule has 0 fully saturated rings. The molecule has 2 aliphatic rings. The fraction of sp³-hybridized carbons (Fsp3) is 0.440. The Hall–Kier alpha value is -2.07. The summed E-state index contributed by atoms with van der Waals surface area (Å²) in [7, 11) is 0. The molecule has 2 aromatic rings. The number of alkyl halides is 3. The molecule has 190 valence electrons. The van der Waals surface area contributed by atoms with Crippen LogP contribution in [-0.2, 0) is 35.5 Å². The van der Waals surface area contributed by atoms with Gasteiger partial charge in [0.05, 0.1) is 0 Å². The van der Waals surface area contributed by atoms with E-state index in [-0.39, 0.29) is 19.2 Å². The molecule has 0 spiro atoms. The van der Waals surface area contributed by atoms with Crippen molar-refractivity contribution in [3.05, 3.63) is 67.6 Å². The van der Waals surface area contributed by atoms with Gasteiger partial charge >= 0.3 is 18.2 Å². The zero-order chi connectivity index (χ0) is 26.0. The van der Waals surface area contributed by atoms with Gasteiger partial charge < -0.3 is 14.5 Å².